The van der Waals surface area contributed by atoms with Crippen molar-refractivity contribution < 1.29 is 0 Å². The van der Waals surface area contributed by atoms with Gasteiger partial charge in [0.05, 0.1) is 12.5 Å². The number of nitriles is 1. The fourth-order valence-corrected chi connectivity index (χ4v) is 0.674. The van der Waals surface area contributed by atoms with Crippen LogP contribution in [0.1, 0.15) is 19.3 Å². The van der Waals surface area contributed by atoms with Gasteiger partial charge in [-0.1, -0.05) is 5.92 Å². The first-order chi connectivity index (χ1) is 3.83. The molecule has 1 heteroatoms. The van der Waals surface area contributed by atoms with Crippen molar-refractivity contribution in [2.45, 2.75) is 19.3 Å². The lowest BCUT2D eigenvalue weighted by molar-refractivity contribution is 0.705. The third-order valence-corrected chi connectivity index (χ3v) is 1.58. The molecular formula is C7H7N. The zero-order chi connectivity index (χ0) is 6.04. The summed E-state index contributed by atoms with van der Waals surface area (Å²) in [6.45, 7) is 0. The number of nitrogens with zero attached hydrogens (tertiary/aromatic N) is 1. The van der Waals surface area contributed by atoms with Gasteiger partial charge in [-0.05, 0) is 12.8 Å². The first-order valence-corrected chi connectivity index (χ1v) is 2.68. The van der Waals surface area contributed by atoms with Crippen LogP contribution in [-0.4, -0.2) is 0 Å². The molecule has 40 valence electrons. The maximum Gasteiger partial charge on any atom is 0.0637 e. The second-order valence-electron chi connectivity index (χ2n) is 2.26. The van der Waals surface area contributed by atoms with Crippen LogP contribution in [0.2, 0.25) is 0 Å². The van der Waals surface area contributed by atoms with Crippen molar-refractivity contribution >= 4 is 0 Å². The third kappa shape index (κ3) is 0.678. The van der Waals surface area contributed by atoms with E-state index in [9.17, 15) is 0 Å². The van der Waals surface area contributed by atoms with E-state index in [1.54, 1.807) is 0 Å². The highest BCUT2D eigenvalue weighted by molar-refractivity contribution is 5.17. The summed E-state index contributed by atoms with van der Waals surface area (Å²) in [5.41, 5.74) is 0.00868. The zero-order valence-electron chi connectivity index (χ0n) is 4.65. The van der Waals surface area contributed by atoms with Gasteiger partial charge in [0, 0.05) is 5.41 Å². The third-order valence-electron chi connectivity index (χ3n) is 1.58. The van der Waals surface area contributed by atoms with Gasteiger partial charge in [-0.25, -0.2) is 0 Å². The highest BCUT2D eigenvalue weighted by Gasteiger charge is 2.40. The SMILES string of the molecule is C#CC1(CC#N)CC1. The van der Waals surface area contributed by atoms with Crippen molar-refractivity contribution in [1.82, 2.24) is 0 Å². The van der Waals surface area contributed by atoms with Crippen molar-refractivity contribution in [3.05, 3.63) is 0 Å². The van der Waals surface area contributed by atoms with Crippen LogP contribution >= 0.6 is 0 Å². The lowest BCUT2D eigenvalue weighted by Gasteiger charge is -1.94. The van der Waals surface area contributed by atoms with E-state index in [-0.39, 0.29) is 5.41 Å². The Morgan fingerprint density at radius 2 is 2.25 bits per heavy atom. The molecule has 0 aromatic carbocycles. The van der Waals surface area contributed by atoms with Gasteiger partial charge in [0.2, 0.25) is 0 Å². The molecule has 0 atom stereocenters. The Balaban J connectivity index is 2.48. The first kappa shape index (κ1) is 5.19. The van der Waals surface area contributed by atoms with Crippen LogP contribution in [0.3, 0.4) is 0 Å². The molecule has 0 aromatic rings. The number of hydrogen-bond donors (Lipinski definition) is 0. The van der Waals surface area contributed by atoms with E-state index in [1.165, 1.54) is 0 Å². The molecule has 0 aliphatic heterocycles. The van der Waals surface area contributed by atoms with Crippen LogP contribution in [0.5, 0.6) is 0 Å². The average Bonchev–Trinajstić information content (AvgIpc) is 2.50. The van der Waals surface area contributed by atoms with Crippen LogP contribution in [0.15, 0.2) is 0 Å². The van der Waals surface area contributed by atoms with E-state index >= 15 is 0 Å². The molecule has 0 radical (unpaired) electrons. The molecule has 1 rings (SSSR count). The van der Waals surface area contributed by atoms with Crippen LogP contribution in [0.25, 0.3) is 0 Å². The molecular weight excluding hydrogens is 98.1 g/mol. The largest absolute Gasteiger partial charge is 0.198 e. The molecule has 0 saturated heterocycles. The normalized spacial score (nSPS) is 20.8. The molecule has 1 nitrogen and oxygen atoms in total. The molecule has 8 heavy (non-hydrogen) atoms. The Morgan fingerprint density at radius 3 is 2.38 bits per heavy atom. The van der Waals surface area contributed by atoms with Crippen LogP contribution in [0, 0.1) is 29.1 Å². The predicted molar refractivity (Wildman–Crippen MR) is 30.7 cm³/mol. The Hall–Kier alpha value is -0.950. The van der Waals surface area contributed by atoms with E-state index in [4.69, 9.17) is 11.7 Å². The van der Waals surface area contributed by atoms with Gasteiger partial charge in [-0.3, -0.25) is 0 Å². The summed E-state index contributed by atoms with van der Waals surface area (Å²) in [6, 6.07) is 2.08. The predicted octanol–water partition coefficient (Wildman–Crippen LogP) is 1.31. The van der Waals surface area contributed by atoms with Gasteiger partial charge in [-0.2, -0.15) is 5.26 Å². The smallest absolute Gasteiger partial charge is 0.0637 e. The zero-order valence-corrected chi connectivity index (χ0v) is 4.65. The van der Waals surface area contributed by atoms with Crippen LogP contribution in [0.4, 0.5) is 0 Å². The van der Waals surface area contributed by atoms with Crippen LogP contribution < -0.4 is 0 Å². The molecule has 1 saturated carbocycles. The van der Waals surface area contributed by atoms with Crippen molar-refractivity contribution in [1.29, 1.82) is 5.26 Å². The maximum atomic E-state index is 8.23. The average molecular weight is 105 g/mol. The van der Waals surface area contributed by atoms with Gasteiger partial charge in [-0.15, -0.1) is 6.42 Å². The fraction of sp³-hybridized carbons (Fsp3) is 0.571. The molecule has 1 fully saturated rings. The Kier molecular flexibility index (Phi) is 0.991. The molecule has 0 unspecified atom stereocenters. The lowest BCUT2D eigenvalue weighted by atomic mass is 10.1. The number of rotatable bonds is 1. The Labute approximate surface area is 49.3 Å². The molecule has 0 amide bonds. The Bertz CT molecular complexity index is 164. The summed E-state index contributed by atoms with van der Waals surface area (Å²) in [5.74, 6) is 2.63. The van der Waals surface area contributed by atoms with Crippen LogP contribution in [-0.2, 0) is 0 Å². The van der Waals surface area contributed by atoms with Crippen molar-refractivity contribution in [2.75, 3.05) is 0 Å². The molecule has 0 N–H and O–H groups in total. The van der Waals surface area contributed by atoms with E-state index in [1.807, 2.05) is 0 Å². The minimum atomic E-state index is 0.00868. The molecule has 1 aliphatic carbocycles. The quantitative estimate of drug-likeness (QED) is 0.461. The topological polar surface area (TPSA) is 23.8 Å². The van der Waals surface area contributed by atoms with Crippen molar-refractivity contribution in [3.63, 3.8) is 0 Å². The monoisotopic (exact) mass is 105 g/mol. The molecule has 1 aliphatic rings. The number of terminal acetylenes is 1. The molecule has 0 aromatic heterocycles. The molecule has 0 bridgehead atoms. The van der Waals surface area contributed by atoms with Gasteiger partial charge in [0.1, 0.15) is 0 Å². The summed E-state index contributed by atoms with van der Waals surface area (Å²) in [5, 5.41) is 8.23. The van der Waals surface area contributed by atoms with Gasteiger partial charge >= 0.3 is 0 Å². The van der Waals surface area contributed by atoms with E-state index in [0.29, 0.717) is 6.42 Å². The second-order valence-corrected chi connectivity index (χ2v) is 2.26. The van der Waals surface area contributed by atoms with Crippen molar-refractivity contribution in [2.24, 2.45) is 5.41 Å². The molecule has 0 spiro atoms. The van der Waals surface area contributed by atoms with Gasteiger partial charge < -0.3 is 0 Å². The minimum Gasteiger partial charge on any atom is -0.198 e. The molecule has 0 heterocycles. The maximum absolute atomic E-state index is 8.23. The fourth-order valence-electron chi connectivity index (χ4n) is 0.674. The standard InChI is InChI=1S/C7H7N/c1-2-7(3-4-7)5-6-8/h1H,3-5H2. The highest BCUT2D eigenvalue weighted by atomic mass is 14.4. The minimum absolute atomic E-state index is 0.00868. The Morgan fingerprint density at radius 1 is 1.62 bits per heavy atom. The van der Waals surface area contributed by atoms with Gasteiger partial charge in [0.25, 0.3) is 0 Å². The summed E-state index contributed by atoms with van der Waals surface area (Å²) >= 11 is 0. The summed E-state index contributed by atoms with van der Waals surface area (Å²) in [6.07, 6.45) is 7.80. The lowest BCUT2D eigenvalue weighted by Crippen LogP contribution is -1.91. The summed E-state index contributed by atoms with van der Waals surface area (Å²) < 4.78 is 0. The second kappa shape index (κ2) is 1.53. The van der Waals surface area contributed by atoms with Gasteiger partial charge in [0.15, 0.2) is 0 Å². The van der Waals surface area contributed by atoms with Crippen molar-refractivity contribution in [3.8, 4) is 18.4 Å². The van der Waals surface area contributed by atoms with E-state index in [0.717, 1.165) is 12.8 Å². The first-order valence-electron chi connectivity index (χ1n) is 2.68. The summed E-state index contributed by atoms with van der Waals surface area (Å²) in [4.78, 5) is 0. The number of hydrogen-bond acceptors (Lipinski definition) is 1. The van der Waals surface area contributed by atoms with E-state index < -0.39 is 0 Å². The highest BCUT2D eigenvalue weighted by Crippen LogP contribution is 2.47. The summed E-state index contributed by atoms with van der Waals surface area (Å²) in [7, 11) is 0. The van der Waals surface area contributed by atoms with E-state index in [2.05, 4.69) is 12.0 Å².